The molecule has 1 amide bonds. The molecule has 0 radical (unpaired) electrons. The molecule has 0 spiro atoms. The fraction of sp³-hybridized carbons (Fsp3) is 0.429. The molecule has 2 rings (SSSR count). The Morgan fingerprint density at radius 2 is 1.94 bits per heavy atom. The number of amides is 1. The van der Waals surface area contributed by atoms with Crippen molar-refractivity contribution in [2.75, 3.05) is 13.1 Å². The van der Waals surface area contributed by atoms with Gasteiger partial charge in [0.1, 0.15) is 0 Å². The van der Waals surface area contributed by atoms with E-state index < -0.39 is 0 Å². The number of aryl methyl sites for hydroxylation is 2. The Morgan fingerprint density at radius 3 is 2.50 bits per heavy atom. The topological polar surface area (TPSA) is 52.9 Å². The molecule has 0 aliphatic carbocycles. The highest BCUT2D eigenvalue weighted by atomic mass is 16.4. The quantitative estimate of drug-likeness (QED) is 0.611. The average molecular weight is 246 g/mol. The van der Waals surface area contributed by atoms with E-state index in [0.717, 1.165) is 22.4 Å². The number of benzene rings is 1. The van der Waals surface area contributed by atoms with Crippen molar-refractivity contribution >= 4 is 11.6 Å². The van der Waals surface area contributed by atoms with Crippen molar-refractivity contribution in [2.24, 2.45) is 5.16 Å². The van der Waals surface area contributed by atoms with E-state index in [9.17, 15) is 4.79 Å². The Balaban J connectivity index is 2.12. The number of carbonyl (C=O) groups is 1. The van der Waals surface area contributed by atoms with Gasteiger partial charge in [-0.05, 0) is 25.5 Å². The van der Waals surface area contributed by atoms with Crippen molar-refractivity contribution in [3.63, 3.8) is 0 Å². The average Bonchev–Trinajstić information content (AvgIpc) is 2.38. The van der Waals surface area contributed by atoms with Crippen molar-refractivity contribution in [3.8, 4) is 0 Å². The molecular formula is C14H18N2O2. The Morgan fingerprint density at radius 1 is 1.28 bits per heavy atom. The van der Waals surface area contributed by atoms with E-state index in [1.807, 2.05) is 36.9 Å². The van der Waals surface area contributed by atoms with E-state index in [1.54, 1.807) is 0 Å². The van der Waals surface area contributed by atoms with Crippen LogP contribution in [0.2, 0.25) is 0 Å². The molecule has 1 saturated heterocycles. The van der Waals surface area contributed by atoms with Crippen LogP contribution >= 0.6 is 0 Å². The Hall–Kier alpha value is -1.84. The molecule has 0 saturated carbocycles. The lowest BCUT2D eigenvalue weighted by Gasteiger charge is -2.27. The predicted molar refractivity (Wildman–Crippen MR) is 70.3 cm³/mol. The van der Waals surface area contributed by atoms with Gasteiger partial charge in [-0.25, -0.2) is 0 Å². The number of hydrogen-bond acceptors (Lipinski definition) is 3. The van der Waals surface area contributed by atoms with Gasteiger partial charge in [-0.2, -0.15) is 0 Å². The second-order valence-electron chi connectivity index (χ2n) is 4.78. The number of oxime groups is 1. The van der Waals surface area contributed by atoms with Crippen LogP contribution in [0.5, 0.6) is 0 Å². The van der Waals surface area contributed by atoms with Gasteiger partial charge in [0.05, 0.1) is 5.71 Å². The lowest BCUT2D eigenvalue weighted by Crippen LogP contribution is -2.39. The Bertz CT molecular complexity index is 485. The zero-order valence-electron chi connectivity index (χ0n) is 10.8. The van der Waals surface area contributed by atoms with Gasteiger partial charge in [-0.15, -0.1) is 0 Å². The summed E-state index contributed by atoms with van der Waals surface area (Å²) in [5, 5.41) is 11.9. The number of hydrogen-bond donors (Lipinski definition) is 1. The first kappa shape index (κ1) is 12.6. The monoisotopic (exact) mass is 246 g/mol. The minimum atomic E-state index is 0.0736. The first-order chi connectivity index (χ1) is 8.61. The van der Waals surface area contributed by atoms with Crippen LogP contribution in [0.15, 0.2) is 23.4 Å². The van der Waals surface area contributed by atoms with Gasteiger partial charge in [0.2, 0.25) is 0 Å². The maximum Gasteiger partial charge on any atom is 0.254 e. The van der Waals surface area contributed by atoms with Crippen molar-refractivity contribution in [2.45, 2.75) is 26.7 Å². The predicted octanol–water partition coefficient (Wildman–Crippen LogP) is 2.37. The van der Waals surface area contributed by atoms with Crippen LogP contribution in [0.3, 0.4) is 0 Å². The van der Waals surface area contributed by atoms with Crippen LogP contribution < -0.4 is 0 Å². The number of piperidine rings is 1. The smallest absolute Gasteiger partial charge is 0.254 e. The molecule has 0 aromatic heterocycles. The number of likely N-dealkylation sites (tertiary alicyclic amines) is 1. The minimum absolute atomic E-state index is 0.0736. The highest BCUT2D eigenvalue weighted by Crippen LogP contribution is 2.16. The molecule has 4 nitrogen and oxygen atoms in total. The van der Waals surface area contributed by atoms with Crippen LogP contribution in [0.4, 0.5) is 0 Å². The molecule has 4 heteroatoms. The van der Waals surface area contributed by atoms with Crippen molar-refractivity contribution in [1.29, 1.82) is 0 Å². The van der Waals surface area contributed by atoms with Gasteiger partial charge >= 0.3 is 0 Å². The molecule has 1 heterocycles. The first-order valence-electron chi connectivity index (χ1n) is 6.18. The van der Waals surface area contributed by atoms with E-state index in [2.05, 4.69) is 5.16 Å². The molecule has 0 atom stereocenters. The lowest BCUT2D eigenvalue weighted by atomic mass is 10.0. The third-order valence-corrected chi connectivity index (χ3v) is 3.38. The summed E-state index contributed by atoms with van der Waals surface area (Å²) in [4.78, 5) is 14.2. The van der Waals surface area contributed by atoms with Gasteiger partial charge in [-0.3, -0.25) is 4.79 Å². The van der Waals surface area contributed by atoms with Crippen molar-refractivity contribution < 1.29 is 10.0 Å². The summed E-state index contributed by atoms with van der Waals surface area (Å²) in [6, 6.07) is 5.88. The van der Waals surface area contributed by atoms with Gasteiger partial charge < -0.3 is 10.1 Å². The van der Waals surface area contributed by atoms with Crippen LogP contribution in [-0.2, 0) is 0 Å². The van der Waals surface area contributed by atoms with Gasteiger partial charge in [0.15, 0.2) is 0 Å². The summed E-state index contributed by atoms with van der Waals surface area (Å²) in [6.45, 7) is 5.24. The second kappa shape index (κ2) is 5.21. The molecule has 1 N–H and O–H groups in total. The summed E-state index contributed by atoms with van der Waals surface area (Å²) in [5.74, 6) is 0.0736. The maximum atomic E-state index is 12.4. The van der Waals surface area contributed by atoms with Crippen molar-refractivity contribution in [1.82, 2.24) is 4.90 Å². The van der Waals surface area contributed by atoms with E-state index in [-0.39, 0.29) is 5.91 Å². The molecule has 0 bridgehead atoms. The van der Waals surface area contributed by atoms with E-state index in [4.69, 9.17) is 5.21 Å². The van der Waals surface area contributed by atoms with Crippen molar-refractivity contribution in [3.05, 3.63) is 34.9 Å². The minimum Gasteiger partial charge on any atom is -0.411 e. The molecule has 1 aromatic rings. The van der Waals surface area contributed by atoms with Crippen LogP contribution in [0, 0.1) is 13.8 Å². The highest BCUT2D eigenvalue weighted by Gasteiger charge is 2.22. The van der Waals surface area contributed by atoms with Gasteiger partial charge in [0, 0.05) is 31.5 Å². The molecule has 1 aliphatic rings. The van der Waals surface area contributed by atoms with Gasteiger partial charge in [-0.1, -0.05) is 22.9 Å². The van der Waals surface area contributed by atoms with Crippen LogP contribution in [-0.4, -0.2) is 34.8 Å². The van der Waals surface area contributed by atoms with E-state index in [0.29, 0.717) is 25.9 Å². The Kier molecular flexibility index (Phi) is 3.65. The summed E-state index contributed by atoms with van der Waals surface area (Å²) >= 11 is 0. The summed E-state index contributed by atoms with van der Waals surface area (Å²) in [6.07, 6.45) is 1.32. The van der Waals surface area contributed by atoms with Gasteiger partial charge in [0.25, 0.3) is 5.91 Å². The number of nitrogens with zero attached hydrogens (tertiary/aromatic N) is 2. The second-order valence-corrected chi connectivity index (χ2v) is 4.78. The zero-order valence-corrected chi connectivity index (χ0v) is 10.8. The summed E-state index contributed by atoms with van der Waals surface area (Å²) < 4.78 is 0. The molecule has 96 valence electrons. The number of carbonyl (C=O) groups excluding carboxylic acids is 1. The summed E-state index contributed by atoms with van der Waals surface area (Å²) in [5.41, 5.74) is 3.73. The Labute approximate surface area is 107 Å². The molecule has 0 unspecified atom stereocenters. The molecule has 1 fully saturated rings. The molecule has 1 aromatic carbocycles. The molecule has 18 heavy (non-hydrogen) atoms. The lowest BCUT2D eigenvalue weighted by molar-refractivity contribution is 0.0753. The summed E-state index contributed by atoms with van der Waals surface area (Å²) in [7, 11) is 0. The van der Waals surface area contributed by atoms with Crippen LogP contribution in [0.25, 0.3) is 0 Å². The normalized spacial score (nSPS) is 15.7. The van der Waals surface area contributed by atoms with E-state index >= 15 is 0 Å². The first-order valence-corrected chi connectivity index (χ1v) is 6.18. The van der Waals surface area contributed by atoms with E-state index in [1.165, 1.54) is 0 Å². The fourth-order valence-electron chi connectivity index (χ4n) is 2.29. The standard InChI is InChI=1S/C14H18N2O2/c1-10-3-4-13(11(2)9-10)14(17)16-7-5-12(15-18)6-8-16/h3-4,9,18H,5-8H2,1-2H3. The fourth-order valence-corrected chi connectivity index (χ4v) is 2.29. The maximum absolute atomic E-state index is 12.4. The highest BCUT2D eigenvalue weighted by molar-refractivity contribution is 5.97. The van der Waals surface area contributed by atoms with Crippen LogP contribution in [0.1, 0.15) is 34.3 Å². The number of rotatable bonds is 1. The largest absolute Gasteiger partial charge is 0.411 e. The SMILES string of the molecule is Cc1ccc(C(=O)N2CCC(=NO)CC2)c(C)c1. The molecular weight excluding hydrogens is 228 g/mol. The zero-order chi connectivity index (χ0) is 13.1. The third-order valence-electron chi connectivity index (χ3n) is 3.38. The third kappa shape index (κ3) is 2.53. The molecule has 1 aliphatic heterocycles.